The summed E-state index contributed by atoms with van der Waals surface area (Å²) in [5.74, 6) is 0.635. The largest absolute Gasteiger partial charge is 0.369 e. The molecule has 0 fully saturated rings. The fourth-order valence-corrected chi connectivity index (χ4v) is 1.83. The second-order valence-electron chi connectivity index (χ2n) is 3.79. The number of aromatic nitrogens is 2. The van der Waals surface area contributed by atoms with Gasteiger partial charge in [-0.3, -0.25) is 5.10 Å². The van der Waals surface area contributed by atoms with Crippen molar-refractivity contribution < 1.29 is 5.11 Å². The van der Waals surface area contributed by atoms with Crippen LogP contribution in [0.1, 0.15) is 17.5 Å². The smallest absolute Gasteiger partial charge is 0.160 e. The molecule has 2 heterocycles. The molecule has 1 atom stereocenters. The summed E-state index contributed by atoms with van der Waals surface area (Å²) in [7, 11) is 0. The van der Waals surface area contributed by atoms with Crippen LogP contribution in [0.4, 0.5) is 11.5 Å². The van der Waals surface area contributed by atoms with Gasteiger partial charge >= 0.3 is 0 Å². The molecular weight excluding hydrogens is 216 g/mol. The molecule has 1 aromatic carbocycles. The first kappa shape index (κ1) is 9.92. The number of nitrogens with one attached hydrogen (secondary N) is 3. The fourth-order valence-electron chi connectivity index (χ4n) is 1.83. The number of hydrogen-bond acceptors (Lipinski definition) is 4. The van der Waals surface area contributed by atoms with Crippen LogP contribution in [-0.4, -0.2) is 15.3 Å². The van der Waals surface area contributed by atoms with Crippen molar-refractivity contribution in [2.45, 2.75) is 6.23 Å². The fraction of sp³-hybridized carbons (Fsp3) is 0.0833. The molecule has 5 nitrogen and oxygen atoms in total. The highest BCUT2D eigenvalue weighted by Gasteiger charge is 2.21. The molecule has 1 aliphatic heterocycles. The number of aromatic amines is 1. The minimum Gasteiger partial charge on any atom is -0.369 e. The van der Waals surface area contributed by atoms with Crippen LogP contribution in [0.25, 0.3) is 6.08 Å². The molecule has 1 aliphatic rings. The van der Waals surface area contributed by atoms with Gasteiger partial charge in [0, 0.05) is 11.9 Å². The first-order valence-electron chi connectivity index (χ1n) is 5.35. The van der Waals surface area contributed by atoms with Gasteiger partial charge < -0.3 is 15.7 Å². The van der Waals surface area contributed by atoms with Gasteiger partial charge in [-0.25, -0.2) is 0 Å². The Labute approximate surface area is 98.2 Å². The molecule has 2 aromatic rings. The molecule has 0 radical (unpaired) electrons. The van der Waals surface area contributed by atoms with Gasteiger partial charge in [0.15, 0.2) is 12.0 Å². The Morgan fingerprint density at radius 1 is 1.24 bits per heavy atom. The van der Waals surface area contributed by atoms with E-state index in [1.54, 1.807) is 6.20 Å². The van der Waals surface area contributed by atoms with Crippen molar-refractivity contribution in [2.24, 2.45) is 0 Å². The van der Waals surface area contributed by atoms with Crippen LogP contribution in [0.5, 0.6) is 0 Å². The van der Waals surface area contributed by atoms with Crippen molar-refractivity contribution in [3.05, 3.63) is 47.8 Å². The molecule has 17 heavy (non-hydrogen) atoms. The van der Waals surface area contributed by atoms with Crippen molar-refractivity contribution in [3.8, 4) is 0 Å². The van der Waals surface area contributed by atoms with E-state index in [2.05, 4.69) is 20.8 Å². The molecule has 86 valence electrons. The predicted molar refractivity (Wildman–Crippen MR) is 65.4 cm³/mol. The number of nitrogens with zero attached hydrogens (tertiary/aromatic N) is 1. The van der Waals surface area contributed by atoms with E-state index in [4.69, 9.17) is 0 Å². The molecule has 5 heteroatoms. The second kappa shape index (κ2) is 3.95. The molecule has 1 unspecified atom stereocenters. The van der Waals surface area contributed by atoms with E-state index in [0.29, 0.717) is 5.82 Å². The monoisotopic (exact) mass is 228 g/mol. The topological polar surface area (TPSA) is 73.0 Å². The Balaban J connectivity index is 1.95. The van der Waals surface area contributed by atoms with Crippen LogP contribution in [0.15, 0.2) is 36.5 Å². The number of aliphatic hydroxyl groups excluding tert-OH is 1. The van der Waals surface area contributed by atoms with E-state index in [-0.39, 0.29) is 0 Å². The third-order valence-corrected chi connectivity index (χ3v) is 2.65. The summed E-state index contributed by atoms with van der Waals surface area (Å²) < 4.78 is 0. The molecular formula is C12H12N4O. The summed E-state index contributed by atoms with van der Waals surface area (Å²) in [5, 5.41) is 22.9. The lowest BCUT2D eigenvalue weighted by atomic mass is 10.1. The van der Waals surface area contributed by atoms with Gasteiger partial charge in [0.25, 0.3) is 0 Å². The van der Waals surface area contributed by atoms with Gasteiger partial charge in [0.05, 0.1) is 11.3 Å². The predicted octanol–water partition coefficient (Wildman–Crippen LogP) is 1.72. The van der Waals surface area contributed by atoms with Gasteiger partial charge in [-0.1, -0.05) is 18.2 Å². The van der Waals surface area contributed by atoms with Gasteiger partial charge in [-0.2, -0.15) is 5.10 Å². The summed E-state index contributed by atoms with van der Waals surface area (Å²) in [4.78, 5) is 0. The maximum atomic E-state index is 9.85. The second-order valence-corrected chi connectivity index (χ2v) is 3.79. The number of fused-ring (bicyclic) bond motifs is 1. The highest BCUT2D eigenvalue weighted by atomic mass is 16.3. The molecule has 0 amide bonds. The number of hydrogen-bond donors (Lipinski definition) is 4. The number of rotatable bonds is 2. The van der Waals surface area contributed by atoms with Crippen molar-refractivity contribution in [2.75, 3.05) is 5.32 Å². The van der Waals surface area contributed by atoms with Crippen LogP contribution >= 0.6 is 0 Å². The summed E-state index contributed by atoms with van der Waals surface area (Å²) in [6.45, 7) is 0. The van der Waals surface area contributed by atoms with Crippen LogP contribution < -0.4 is 10.6 Å². The van der Waals surface area contributed by atoms with Crippen LogP contribution in [0, 0.1) is 0 Å². The SMILES string of the molecule is OC1NC=Cc2[nH]nc(Nc3ccccc3)c21. The Kier molecular flexibility index (Phi) is 2.31. The molecule has 0 aliphatic carbocycles. The summed E-state index contributed by atoms with van der Waals surface area (Å²) in [5.41, 5.74) is 2.48. The van der Waals surface area contributed by atoms with E-state index in [0.717, 1.165) is 16.9 Å². The van der Waals surface area contributed by atoms with Crippen molar-refractivity contribution in [3.63, 3.8) is 0 Å². The van der Waals surface area contributed by atoms with E-state index >= 15 is 0 Å². The van der Waals surface area contributed by atoms with Gasteiger partial charge in [0.1, 0.15) is 0 Å². The Bertz CT molecular complexity index is 547. The number of H-pyrrole nitrogens is 1. The zero-order chi connectivity index (χ0) is 11.7. The summed E-state index contributed by atoms with van der Waals surface area (Å²) in [6.07, 6.45) is 2.79. The molecule has 0 spiro atoms. The van der Waals surface area contributed by atoms with Gasteiger partial charge in [-0.15, -0.1) is 0 Å². The average Bonchev–Trinajstić information content (AvgIpc) is 2.75. The zero-order valence-electron chi connectivity index (χ0n) is 9.01. The zero-order valence-corrected chi connectivity index (χ0v) is 9.01. The van der Waals surface area contributed by atoms with Crippen molar-refractivity contribution in [1.82, 2.24) is 15.5 Å². The van der Waals surface area contributed by atoms with Crippen LogP contribution in [0.3, 0.4) is 0 Å². The number of aliphatic hydroxyl groups is 1. The summed E-state index contributed by atoms with van der Waals surface area (Å²) in [6, 6.07) is 9.72. The van der Waals surface area contributed by atoms with Gasteiger partial charge in [-0.05, 0) is 18.2 Å². The van der Waals surface area contributed by atoms with E-state index < -0.39 is 6.23 Å². The molecule has 0 saturated heterocycles. The van der Waals surface area contributed by atoms with E-state index in [1.165, 1.54) is 0 Å². The maximum absolute atomic E-state index is 9.85. The number of para-hydroxylation sites is 1. The third kappa shape index (κ3) is 1.76. The lowest BCUT2D eigenvalue weighted by molar-refractivity contribution is 0.155. The third-order valence-electron chi connectivity index (χ3n) is 2.65. The number of anilines is 2. The standard InChI is InChI=1S/C12H12N4O/c17-12-10-9(6-7-13-12)15-16-11(10)14-8-4-2-1-3-5-8/h1-7,12-13,17H,(H2,14,15,16). The minimum absolute atomic E-state index is 0.635. The molecule has 4 N–H and O–H groups in total. The number of benzene rings is 1. The highest BCUT2D eigenvalue weighted by molar-refractivity contribution is 5.66. The van der Waals surface area contributed by atoms with Gasteiger partial charge in [0.2, 0.25) is 0 Å². The first-order chi connectivity index (χ1) is 8.34. The maximum Gasteiger partial charge on any atom is 0.160 e. The lowest BCUT2D eigenvalue weighted by Crippen LogP contribution is -2.18. The normalized spacial score (nSPS) is 17.4. The van der Waals surface area contributed by atoms with E-state index in [1.807, 2.05) is 36.4 Å². The Morgan fingerprint density at radius 2 is 2.06 bits per heavy atom. The van der Waals surface area contributed by atoms with E-state index in [9.17, 15) is 5.11 Å². The Hall–Kier alpha value is -2.27. The average molecular weight is 228 g/mol. The minimum atomic E-state index is -0.736. The molecule has 3 rings (SSSR count). The molecule has 0 bridgehead atoms. The summed E-state index contributed by atoms with van der Waals surface area (Å²) >= 11 is 0. The van der Waals surface area contributed by atoms with Crippen molar-refractivity contribution in [1.29, 1.82) is 0 Å². The van der Waals surface area contributed by atoms with Crippen LogP contribution in [0.2, 0.25) is 0 Å². The molecule has 0 saturated carbocycles. The lowest BCUT2D eigenvalue weighted by Gasteiger charge is -2.16. The van der Waals surface area contributed by atoms with Crippen molar-refractivity contribution >= 4 is 17.6 Å². The van der Waals surface area contributed by atoms with Crippen LogP contribution in [-0.2, 0) is 0 Å². The first-order valence-corrected chi connectivity index (χ1v) is 5.35. The Morgan fingerprint density at radius 3 is 2.88 bits per heavy atom. The quantitative estimate of drug-likeness (QED) is 0.631. The molecule has 1 aromatic heterocycles. The highest BCUT2D eigenvalue weighted by Crippen LogP contribution is 2.28.